The molecule has 0 unspecified atom stereocenters. The predicted molar refractivity (Wildman–Crippen MR) is 121 cm³/mol. The number of nitrogens with one attached hydrogen (secondary N) is 4. The third-order valence-corrected chi connectivity index (χ3v) is 4.39. The number of hydrogen-bond donors (Lipinski definition) is 4. The molecule has 4 N–H and O–H groups in total. The summed E-state index contributed by atoms with van der Waals surface area (Å²) in [6, 6.07) is 15.2. The monoisotopic (exact) mass is 442 g/mol. The lowest BCUT2D eigenvalue weighted by molar-refractivity contribution is -0.126. The van der Waals surface area contributed by atoms with Gasteiger partial charge in [-0.05, 0) is 48.8 Å². The Kier molecular flexibility index (Phi) is 9.44. The summed E-state index contributed by atoms with van der Waals surface area (Å²) >= 11 is 4.96. The Morgan fingerprint density at radius 2 is 1.61 bits per heavy atom. The van der Waals surface area contributed by atoms with Gasteiger partial charge >= 0.3 is 0 Å². The predicted octanol–water partition coefficient (Wildman–Crippen LogP) is 1.80. The lowest BCUT2D eigenvalue weighted by atomic mass is 10.1. The summed E-state index contributed by atoms with van der Waals surface area (Å²) in [7, 11) is 0. The van der Waals surface area contributed by atoms with Crippen molar-refractivity contribution in [2.75, 3.05) is 6.61 Å². The van der Waals surface area contributed by atoms with Gasteiger partial charge in [0.2, 0.25) is 11.8 Å². The highest BCUT2D eigenvalue weighted by Crippen LogP contribution is 2.18. The highest BCUT2D eigenvalue weighted by Gasteiger charge is 2.10. The molecular weight excluding hydrogens is 416 g/mol. The van der Waals surface area contributed by atoms with Gasteiger partial charge in [0, 0.05) is 19.4 Å². The summed E-state index contributed by atoms with van der Waals surface area (Å²) in [6.07, 6.45) is 0.00306. The fourth-order valence-corrected chi connectivity index (χ4v) is 2.67. The average molecular weight is 443 g/mol. The number of hydrazine groups is 1. The van der Waals surface area contributed by atoms with Crippen LogP contribution in [-0.4, -0.2) is 29.4 Å². The number of amides is 3. The fourth-order valence-electron chi connectivity index (χ4n) is 2.50. The van der Waals surface area contributed by atoms with Gasteiger partial charge in [-0.3, -0.25) is 30.6 Å². The van der Waals surface area contributed by atoms with E-state index in [4.69, 9.17) is 17.0 Å². The van der Waals surface area contributed by atoms with Crippen LogP contribution in [0.25, 0.3) is 0 Å². The van der Waals surface area contributed by atoms with E-state index in [1.54, 1.807) is 0 Å². The van der Waals surface area contributed by atoms with Crippen LogP contribution in [-0.2, 0) is 20.9 Å². The van der Waals surface area contributed by atoms with Gasteiger partial charge in [0.15, 0.2) is 11.7 Å². The lowest BCUT2D eigenvalue weighted by Gasteiger charge is -2.12. The molecule has 2 aromatic carbocycles. The molecule has 0 saturated carbocycles. The largest absolute Gasteiger partial charge is 0.483 e. The number of carbonyl (C=O) groups is 3. The fraction of sp³-hybridized carbons (Fsp3) is 0.273. The second kappa shape index (κ2) is 12.3. The van der Waals surface area contributed by atoms with Gasteiger partial charge in [-0.15, -0.1) is 0 Å². The number of carbonyl (C=O) groups excluding carboxylic acids is 3. The van der Waals surface area contributed by atoms with E-state index >= 15 is 0 Å². The Balaban J connectivity index is 1.60. The van der Waals surface area contributed by atoms with E-state index in [1.165, 1.54) is 0 Å². The van der Waals surface area contributed by atoms with E-state index in [-0.39, 0.29) is 30.5 Å². The molecule has 0 bridgehead atoms. The van der Waals surface area contributed by atoms with Gasteiger partial charge in [0.05, 0.1) is 0 Å². The topological polar surface area (TPSA) is 109 Å². The zero-order valence-electron chi connectivity index (χ0n) is 17.5. The Labute approximate surface area is 186 Å². The van der Waals surface area contributed by atoms with E-state index in [1.807, 2.05) is 62.4 Å². The van der Waals surface area contributed by atoms with Crippen LogP contribution in [0, 0.1) is 13.8 Å². The van der Waals surface area contributed by atoms with Gasteiger partial charge < -0.3 is 10.1 Å². The molecule has 0 atom stereocenters. The molecule has 0 aliphatic heterocycles. The molecule has 8 nitrogen and oxygen atoms in total. The summed E-state index contributed by atoms with van der Waals surface area (Å²) in [4.78, 5) is 35.6. The molecule has 0 heterocycles. The van der Waals surface area contributed by atoms with Crippen molar-refractivity contribution >= 4 is 35.1 Å². The van der Waals surface area contributed by atoms with E-state index in [2.05, 4.69) is 21.5 Å². The van der Waals surface area contributed by atoms with Crippen LogP contribution < -0.4 is 26.2 Å². The van der Waals surface area contributed by atoms with Crippen LogP contribution in [0.4, 0.5) is 0 Å². The Morgan fingerprint density at radius 1 is 0.903 bits per heavy atom. The van der Waals surface area contributed by atoms with Gasteiger partial charge in [-0.25, -0.2) is 0 Å². The van der Waals surface area contributed by atoms with Crippen LogP contribution in [0.15, 0.2) is 48.5 Å². The van der Waals surface area contributed by atoms with Gasteiger partial charge in [0.25, 0.3) is 5.91 Å². The Hall–Kier alpha value is -3.46. The molecule has 2 rings (SSSR count). The van der Waals surface area contributed by atoms with E-state index in [0.717, 1.165) is 16.7 Å². The number of rotatable bonds is 8. The van der Waals surface area contributed by atoms with Crippen molar-refractivity contribution in [1.82, 2.24) is 21.5 Å². The normalized spacial score (nSPS) is 10.0. The zero-order valence-corrected chi connectivity index (χ0v) is 18.3. The maximum Gasteiger partial charge on any atom is 0.264 e. The summed E-state index contributed by atoms with van der Waals surface area (Å²) in [5, 5.41) is 5.08. The van der Waals surface area contributed by atoms with Crippen molar-refractivity contribution in [3.05, 3.63) is 65.2 Å². The SMILES string of the molecule is Cc1ccc(C)c(OCC(=O)NC(=S)NNC(=O)CCC(=O)NCc2ccccc2)c1. The van der Waals surface area contributed by atoms with Crippen molar-refractivity contribution in [2.24, 2.45) is 0 Å². The first kappa shape index (κ1) is 23.8. The number of hydrogen-bond acceptors (Lipinski definition) is 5. The van der Waals surface area contributed by atoms with Crippen LogP contribution >= 0.6 is 12.2 Å². The van der Waals surface area contributed by atoms with E-state index < -0.39 is 11.8 Å². The molecule has 0 fully saturated rings. The molecule has 31 heavy (non-hydrogen) atoms. The van der Waals surface area contributed by atoms with Crippen molar-refractivity contribution in [1.29, 1.82) is 0 Å². The summed E-state index contributed by atoms with van der Waals surface area (Å²) in [5.41, 5.74) is 7.68. The van der Waals surface area contributed by atoms with Gasteiger partial charge in [-0.1, -0.05) is 42.5 Å². The highest BCUT2D eigenvalue weighted by atomic mass is 32.1. The number of aryl methyl sites for hydroxylation is 2. The third kappa shape index (κ3) is 9.26. The lowest BCUT2D eigenvalue weighted by Crippen LogP contribution is -2.49. The second-order valence-corrected chi connectivity index (χ2v) is 7.28. The molecule has 2 aromatic rings. The first-order valence-corrected chi connectivity index (χ1v) is 10.1. The molecule has 3 amide bonds. The molecule has 0 aromatic heterocycles. The summed E-state index contributed by atoms with van der Waals surface area (Å²) in [5.74, 6) is -0.516. The van der Waals surface area contributed by atoms with Gasteiger partial charge in [-0.2, -0.15) is 0 Å². The van der Waals surface area contributed by atoms with Crippen molar-refractivity contribution in [3.63, 3.8) is 0 Å². The van der Waals surface area contributed by atoms with Crippen LogP contribution in [0.3, 0.4) is 0 Å². The minimum atomic E-state index is -0.465. The Morgan fingerprint density at radius 3 is 2.35 bits per heavy atom. The first-order valence-electron chi connectivity index (χ1n) is 9.73. The minimum Gasteiger partial charge on any atom is -0.483 e. The smallest absolute Gasteiger partial charge is 0.264 e. The molecule has 0 saturated heterocycles. The molecule has 0 aliphatic carbocycles. The third-order valence-electron chi connectivity index (χ3n) is 4.18. The molecular formula is C22H26N4O4S. The number of benzene rings is 2. The van der Waals surface area contributed by atoms with Crippen molar-refractivity contribution < 1.29 is 19.1 Å². The van der Waals surface area contributed by atoms with Crippen molar-refractivity contribution in [3.8, 4) is 5.75 Å². The van der Waals surface area contributed by atoms with Gasteiger partial charge in [0.1, 0.15) is 5.75 Å². The molecule has 0 aliphatic rings. The molecule has 9 heteroatoms. The molecule has 0 radical (unpaired) electrons. The van der Waals surface area contributed by atoms with Crippen LogP contribution in [0.1, 0.15) is 29.5 Å². The second-order valence-electron chi connectivity index (χ2n) is 6.87. The summed E-state index contributed by atoms with van der Waals surface area (Å²) < 4.78 is 5.49. The number of ether oxygens (including phenoxy) is 1. The zero-order chi connectivity index (χ0) is 22.6. The number of thiocarbonyl (C=S) groups is 1. The minimum absolute atomic E-state index is 0.0278. The maximum absolute atomic E-state index is 11.9. The van der Waals surface area contributed by atoms with E-state index in [9.17, 15) is 14.4 Å². The standard InChI is InChI=1S/C22H26N4O4S/c1-15-8-9-16(2)18(12-15)30-14-21(29)24-22(31)26-25-20(28)11-10-19(27)23-13-17-6-4-3-5-7-17/h3-9,12H,10-11,13-14H2,1-2H3,(H,23,27)(H,25,28)(H2,24,26,29,31). The average Bonchev–Trinajstić information content (AvgIpc) is 2.76. The highest BCUT2D eigenvalue weighted by molar-refractivity contribution is 7.80. The molecule has 164 valence electrons. The Bertz CT molecular complexity index is 934. The molecule has 0 spiro atoms. The van der Waals surface area contributed by atoms with Crippen molar-refractivity contribution in [2.45, 2.75) is 33.2 Å². The maximum atomic E-state index is 11.9. The summed E-state index contributed by atoms with van der Waals surface area (Å²) in [6.45, 7) is 4.00. The van der Waals surface area contributed by atoms with Crippen LogP contribution in [0.5, 0.6) is 5.75 Å². The van der Waals surface area contributed by atoms with Crippen LogP contribution in [0.2, 0.25) is 0 Å². The quantitative estimate of drug-likeness (QED) is 0.367. The van der Waals surface area contributed by atoms with E-state index in [0.29, 0.717) is 12.3 Å². The first-order chi connectivity index (χ1) is 14.8.